The summed E-state index contributed by atoms with van der Waals surface area (Å²) in [6, 6.07) is 3.96. The summed E-state index contributed by atoms with van der Waals surface area (Å²) in [4.78, 5) is 0. The second-order valence-electron chi connectivity index (χ2n) is 7.19. The molecule has 2 aliphatic rings. The predicted octanol–water partition coefficient (Wildman–Crippen LogP) is 4.07. The zero-order valence-corrected chi connectivity index (χ0v) is 15.3. The number of aryl methyl sites for hydroxylation is 1. The van der Waals surface area contributed by atoms with Gasteiger partial charge in [0.25, 0.3) is 0 Å². The SMILES string of the molecule is CCCCC1COC(C2COC(CCc3ccc(F)c(F)c3)OC2)OC1. The van der Waals surface area contributed by atoms with Crippen LogP contribution in [0.15, 0.2) is 18.2 Å². The first-order valence-corrected chi connectivity index (χ1v) is 9.56. The molecule has 4 nitrogen and oxygen atoms in total. The summed E-state index contributed by atoms with van der Waals surface area (Å²) < 4.78 is 49.4. The van der Waals surface area contributed by atoms with Crippen LogP contribution >= 0.6 is 0 Å². The van der Waals surface area contributed by atoms with Gasteiger partial charge in [0.2, 0.25) is 0 Å². The molecule has 0 bridgehead atoms. The smallest absolute Gasteiger partial charge is 0.164 e. The second-order valence-corrected chi connectivity index (χ2v) is 7.19. The van der Waals surface area contributed by atoms with E-state index in [4.69, 9.17) is 18.9 Å². The first-order chi connectivity index (χ1) is 12.7. The molecule has 0 spiro atoms. The summed E-state index contributed by atoms with van der Waals surface area (Å²) in [7, 11) is 0. The normalized spacial score (nSPS) is 29.7. The zero-order chi connectivity index (χ0) is 18.4. The molecule has 2 fully saturated rings. The lowest BCUT2D eigenvalue weighted by molar-refractivity contribution is -0.281. The third-order valence-electron chi connectivity index (χ3n) is 4.99. The van der Waals surface area contributed by atoms with E-state index >= 15 is 0 Å². The standard InChI is InChI=1S/C20H28F2O4/c1-2-3-4-15-10-25-20(26-11-15)16-12-23-19(24-13-16)8-6-14-5-7-17(21)18(22)9-14/h5,7,9,15-16,19-20H,2-4,6,8,10-13H2,1H3. The van der Waals surface area contributed by atoms with E-state index in [9.17, 15) is 8.78 Å². The third-order valence-corrected chi connectivity index (χ3v) is 4.99. The Morgan fingerprint density at radius 2 is 1.65 bits per heavy atom. The Kier molecular flexibility index (Phi) is 7.37. The Balaban J connectivity index is 1.36. The van der Waals surface area contributed by atoms with Crippen molar-refractivity contribution in [3.05, 3.63) is 35.4 Å². The summed E-state index contributed by atoms with van der Waals surface area (Å²) in [5.41, 5.74) is 0.732. The van der Waals surface area contributed by atoms with Gasteiger partial charge in [-0.25, -0.2) is 8.78 Å². The summed E-state index contributed by atoms with van der Waals surface area (Å²) in [5.74, 6) is -1.09. The molecule has 3 rings (SSSR count). The molecule has 0 aliphatic carbocycles. The Hall–Kier alpha value is -1.08. The van der Waals surface area contributed by atoms with Crippen LogP contribution in [-0.2, 0) is 25.4 Å². The molecule has 0 amide bonds. The van der Waals surface area contributed by atoms with Crippen LogP contribution < -0.4 is 0 Å². The fraction of sp³-hybridized carbons (Fsp3) is 0.700. The van der Waals surface area contributed by atoms with Crippen LogP contribution in [0, 0.1) is 23.5 Å². The van der Waals surface area contributed by atoms with Gasteiger partial charge >= 0.3 is 0 Å². The molecule has 2 heterocycles. The molecule has 26 heavy (non-hydrogen) atoms. The van der Waals surface area contributed by atoms with Gasteiger partial charge in [-0.1, -0.05) is 25.8 Å². The quantitative estimate of drug-likeness (QED) is 0.725. The minimum Gasteiger partial charge on any atom is -0.352 e. The Morgan fingerprint density at radius 1 is 0.923 bits per heavy atom. The highest BCUT2D eigenvalue weighted by Gasteiger charge is 2.33. The largest absolute Gasteiger partial charge is 0.352 e. The summed E-state index contributed by atoms with van der Waals surface area (Å²) in [6.07, 6.45) is 4.12. The lowest BCUT2D eigenvalue weighted by Gasteiger charge is -2.37. The molecule has 0 N–H and O–H groups in total. The molecule has 1 aromatic rings. The molecule has 0 radical (unpaired) electrons. The maximum Gasteiger partial charge on any atom is 0.164 e. The Bertz CT molecular complexity index is 553. The van der Waals surface area contributed by atoms with E-state index in [1.54, 1.807) is 6.07 Å². The van der Waals surface area contributed by atoms with Crippen LogP contribution in [0.5, 0.6) is 0 Å². The third kappa shape index (κ3) is 5.46. The van der Waals surface area contributed by atoms with Gasteiger partial charge in [0.15, 0.2) is 24.2 Å². The topological polar surface area (TPSA) is 36.9 Å². The van der Waals surface area contributed by atoms with E-state index in [2.05, 4.69) is 6.92 Å². The van der Waals surface area contributed by atoms with Crippen molar-refractivity contribution in [2.45, 2.75) is 51.6 Å². The van der Waals surface area contributed by atoms with Gasteiger partial charge in [0.1, 0.15) is 0 Å². The zero-order valence-electron chi connectivity index (χ0n) is 15.3. The molecule has 146 valence electrons. The highest BCUT2D eigenvalue weighted by molar-refractivity contribution is 5.17. The van der Waals surface area contributed by atoms with Crippen LogP contribution in [-0.4, -0.2) is 39.0 Å². The Labute approximate surface area is 153 Å². The van der Waals surface area contributed by atoms with Crippen LogP contribution in [0.3, 0.4) is 0 Å². The second kappa shape index (κ2) is 9.74. The number of unbranched alkanes of at least 4 members (excludes halogenated alkanes) is 1. The lowest BCUT2D eigenvalue weighted by Crippen LogP contribution is -2.44. The molecule has 6 heteroatoms. The highest BCUT2D eigenvalue weighted by atomic mass is 19.2. The van der Waals surface area contributed by atoms with Crippen molar-refractivity contribution < 1.29 is 27.7 Å². The van der Waals surface area contributed by atoms with Gasteiger partial charge in [0, 0.05) is 12.3 Å². The number of hydrogen-bond donors (Lipinski definition) is 0. The van der Waals surface area contributed by atoms with Crippen LogP contribution in [0.25, 0.3) is 0 Å². The number of halogens is 2. The highest BCUT2D eigenvalue weighted by Crippen LogP contribution is 2.25. The van der Waals surface area contributed by atoms with Gasteiger partial charge in [0.05, 0.1) is 32.3 Å². The van der Waals surface area contributed by atoms with E-state index in [0.29, 0.717) is 32.0 Å². The maximum absolute atomic E-state index is 13.2. The molecule has 0 aromatic heterocycles. The van der Waals surface area contributed by atoms with Crippen LogP contribution in [0.4, 0.5) is 8.78 Å². The molecule has 2 saturated heterocycles. The predicted molar refractivity (Wildman–Crippen MR) is 92.6 cm³/mol. The molecular formula is C20H28F2O4. The lowest BCUT2D eigenvalue weighted by atomic mass is 10.0. The summed E-state index contributed by atoms with van der Waals surface area (Å²) >= 11 is 0. The first-order valence-electron chi connectivity index (χ1n) is 9.56. The summed E-state index contributed by atoms with van der Waals surface area (Å²) in [6.45, 7) is 4.70. The van der Waals surface area contributed by atoms with E-state index in [1.807, 2.05) is 0 Å². The molecule has 0 saturated carbocycles. The molecule has 0 unspecified atom stereocenters. The summed E-state index contributed by atoms with van der Waals surface area (Å²) in [5, 5.41) is 0. The van der Waals surface area contributed by atoms with Gasteiger partial charge in [-0.05, 0) is 30.5 Å². The number of hydrogen-bond acceptors (Lipinski definition) is 4. The van der Waals surface area contributed by atoms with Crippen molar-refractivity contribution in [2.75, 3.05) is 26.4 Å². The van der Waals surface area contributed by atoms with Gasteiger partial charge < -0.3 is 18.9 Å². The first kappa shape index (κ1) is 19.7. The fourth-order valence-electron chi connectivity index (χ4n) is 3.35. The number of ether oxygens (including phenoxy) is 4. The molecule has 0 atom stereocenters. The monoisotopic (exact) mass is 370 g/mol. The van der Waals surface area contributed by atoms with Gasteiger partial charge in [-0.15, -0.1) is 0 Å². The molecule has 1 aromatic carbocycles. The average Bonchev–Trinajstić information content (AvgIpc) is 2.68. The van der Waals surface area contributed by atoms with Crippen molar-refractivity contribution >= 4 is 0 Å². The van der Waals surface area contributed by atoms with Crippen molar-refractivity contribution in [3.63, 3.8) is 0 Å². The van der Waals surface area contributed by atoms with Crippen molar-refractivity contribution in [2.24, 2.45) is 11.8 Å². The van der Waals surface area contributed by atoms with E-state index < -0.39 is 11.6 Å². The average molecular weight is 370 g/mol. The molecular weight excluding hydrogens is 342 g/mol. The number of rotatable bonds is 7. The van der Waals surface area contributed by atoms with Gasteiger partial charge in [-0.3, -0.25) is 0 Å². The number of benzene rings is 1. The molecule has 2 aliphatic heterocycles. The van der Waals surface area contributed by atoms with Crippen molar-refractivity contribution in [3.8, 4) is 0 Å². The van der Waals surface area contributed by atoms with E-state index in [0.717, 1.165) is 31.3 Å². The van der Waals surface area contributed by atoms with Crippen LogP contribution in [0.1, 0.15) is 38.2 Å². The maximum atomic E-state index is 13.2. The van der Waals surface area contributed by atoms with E-state index in [1.165, 1.54) is 18.9 Å². The van der Waals surface area contributed by atoms with Crippen molar-refractivity contribution in [1.29, 1.82) is 0 Å². The van der Waals surface area contributed by atoms with Crippen LogP contribution in [0.2, 0.25) is 0 Å². The van der Waals surface area contributed by atoms with E-state index in [-0.39, 0.29) is 18.5 Å². The fourth-order valence-corrected chi connectivity index (χ4v) is 3.35. The Morgan fingerprint density at radius 3 is 2.31 bits per heavy atom. The minimum absolute atomic E-state index is 0.0710. The minimum atomic E-state index is -0.828. The van der Waals surface area contributed by atoms with Gasteiger partial charge in [-0.2, -0.15) is 0 Å². The van der Waals surface area contributed by atoms with Crippen molar-refractivity contribution in [1.82, 2.24) is 0 Å².